The van der Waals surface area contributed by atoms with Gasteiger partial charge in [0.1, 0.15) is 32.2 Å². The fraction of sp³-hybridized carbons (Fsp3) is 0.691. The van der Waals surface area contributed by atoms with Gasteiger partial charge in [-0.15, -0.1) is 0 Å². The van der Waals surface area contributed by atoms with E-state index in [1.165, 1.54) is 46.4 Å². The lowest BCUT2D eigenvalue weighted by molar-refractivity contribution is -0.246. The summed E-state index contributed by atoms with van der Waals surface area (Å²) in [5.74, 6) is -3.68. The fourth-order valence-corrected chi connectivity index (χ4v) is 11.5. The van der Waals surface area contributed by atoms with Gasteiger partial charge >= 0.3 is 17.9 Å². The van der Waals surface area contributed by atoms with Gasteiger partial charge in [0.05, 0.1) is 115 Å². The van der Waals surface area contributed by atoms with Crippen molar-refractivity contribution in [1.82, 2.24) is 36.8 Å². The molecule has 0 aromatic heterocycles. The van der Waals surface area contributed by atoms with Gasteiger partial charge in [0.15, 0.2) is 18.9 Å². The maximum Gasteiger partial charge on any atom is 0.302 e. The molecular formula is C68H105N7O22. The highest BCUT2D eigenvalue weighted by molar-refractivity contribution is 5.86. The van der Waals surface area contributed by atoms with Crippen LogP contribution in [-0.2, 0) is 113 Å². The average molecular weight is 1370 g/mol. The van der Waals surface area contributed by atoms with Crippen molar-refractivity contribution in [3.05, 3.63) is 65.7 Å². The Morgan fingerprint density at radius 2 is 0.794 bits per heavy atom. The van der Waals surface area contributed by atoms with Gasteiger partial charge < -0.3 is 93.5 Å². The smallest absolute Gasteiger partial charge is 0.302 e. The third-order valence-corrected chi connectivity index (χ3v) is 17.5. The fourth-order valence-electron chi connectivity index (χ4n) is 11.5. The Morgan fingerprint density at radius 1 is 0.433 bits per heavy atom. The van der Waals surface area contributed by atoms with E-state index in [0.29, 0.717) is 17.9 Å². The van der Waals surface area contributed by atoms with E-state index in [1.54, 1.807) is 12.1 Å². The molecule has 2 aromatic carbocycles. The normalized spacial score (nSPS) is 25.7. The summed E-state index contributed by atoms with van der Waals surface area (Å²) >= 11 is 0. The molecule has 16 atom stereocenters. The number of benzene rings is 2. The van der Waals surface area contributed by atoms with Crippen LogP contribution in [0.4, 0.5) is 0 Å². The molecule has 3 fully saturated rings. The molecule has 3 saturated heterocycles. The summed E-state index contributed by atoms with van der Waals surface area (Å²) in [5, 5.41) is 17.3. The standard InChI is InChI=1S/C68H105N7O22/c1-41-44(4)62(72-47(7)76)66(95-57(41)38-91-50(10)79)88-31-28-85-25-22-69-60(82)35-75(36-61(83)70-23-26-86-29-32-89-67-63(73-48(8)77)45(5)42(2)58(96-67)39-92-51(11)80)56(34-53-18-20-55(21-19-53)94-37-54-16-14-13-15-17-54)65(84)71-24-27-87-30-33-90-68-64(74-49(9)78)46(6)43(3)59(97-68)40-93-52(12)81/h13-21,41-46,56-59,62-64,66-68H,22-40H2,1-12H3,(H,69,82)(H,70,83)(H,71,84)(H,72,76)(H,73,77)(H,74,78). The molecule has 5 rings (SSSR count). The van der Waals surface area contributed by atoms with E-state index in [9.17, 15) is 43.2 Å². The van der Waals surface area contributed by atoms with Crippen molar-refractivity contribution in [2.75, 3.05) is 112 Å². The molecule has 6 amide bonds. The van der Waals surface area contributed by atoms with Gasteiger partial charge in [-0.2, -0.15) is 0 Å². The number of esters is 3. The Kier molecular flexibility index (Phi) is 35.6. The van der Waals surface area contributed by atoms with Crippen LogP contribution in [0.2, 0.25) is 0 Å². The van der Waals surface area contributed by atoms with Crippen LogP contribution in [-0.4, -0.2) is 232 Å². The van der Waals surface area contributed by atoms with Gasteiger partial charge in [0.25, 0.3) is 0 Å². The number of ether oxygens (including phenoxy) is 13. The van der Waals surface area contributed by atoms with E-state index in [1.807, 2.05) is 84.0 Å². The largest absolute Gasteiger partial charge is 0.489 e. The van der Waals surface area contributed by atoms with Gasteiger partial charge in [-0.05, 0) is 65.2 Å². The third kappa shape index (κ3) is 28.8. The molecule has 2 aromatic rings. The number of carbonyl (C=O) groups excluding carboxylic acids is 9. The molecule has 0 spiro atoms. The second-order valence-electron chi connectivity index (χ2n) is 24.9. The third-order valence-electron chi connectivity index (χ3n) is 17.5. The maximum absolute atomic E-state index is 14.6. The van der Waals surface area contributed by atoms with E-state index < -0.39 is 110 Å². The van der Waals surface area contributed by atoms with Crippen molar-refractivity contribution in [3.8, 4) is 5.75 Å². The lowest BCUT2D eigenvalue weighted by Gasteiger charge is -2.44. The quantitative estimate of drug-likeness (QED) is 0.0315. The van der Waals surface area contributed by atoms with E-state index in [0.717, 1.165) is 5.56 Å². The molecular weight excluding hydrogens is 1270 g/mol. The van der Waals surface area contributed by atoms with Crippen molar-refractivity contribution in [2.45, 2.75) is 157 Å². The van der Waals surface area contributed by atoms with Crippen LogP contribution in [0.3, 0.4) is 0 Å². The molecule has 29 heteroatoms. The lowest BCUT2D eigenvalue weighted by Crippen LogP contribution is -2.58. The van der Waals surface area contributed by atoms with Crippen molar-refractivity contribution in [1.29, 1.82) is 0 Å². The number of hydrogen-bond donors (Lipinski definition) is 6. The topological polar surface area (TPSA) is 349 Å². The van der Waals surface area contributed by atoms with Crippen molar-refractivity contribution >= 4 is 53.4 Å². The van der Waals surface area contributed by atoms with Crippen LogP contribution in [0.5, 0.6) is 5.75 Å². The number of hydrogen-bond acceptors (Lipinski definition) is 23. The summed E-state index contributed by atoms with van der Waals surface area (Å²) in [5.41, 5.74) is 1.66. The van der Waals surface area contributed by atoms with Crippen molar-refractivity contribution in [3.63, 3.8) is 0 Å². The Morgan fingerprint density at radius 3 is 1.14 bits per heavy atom. The summed E-state index contributed by atoms with van der Waals surface area (Å²) < 4.78 is 76.1. The zero-order valence-electron chi connectivity index (χ0n) is 58.3. The van der Waals surface area contributed by atoms with Gasteiger partial charge in [0.2, 0.25) is 35.4 Å². The molecule has 16 unspecified atom stereocenters. The number of amides is 6. The van der Waals surface area contributed by atoms with Crippen LogP contribution in [0.1, 0.15) is 94.2 Å². The zero-order valence-corrected chi connectivity index (χ0v) is 58.3. The molecule has 3 aliphatic heterocycles. The second kappa shape index (κ2) is 42.8. The summed E-state index contributed by atoms with van der Waals surface area (Å²) in [4.78, 5) is 116. The van der Waals surface area contributed by atoms with Crippen LogP contribution >= 0.6 is 0 Å². The molecule has 0 radical (unpaired) electrons. The van der Waals surface area contributed by atoms with Crippen LogP contribution in [0.25, 0.3) is 0 Å². The SMILES string of the molecule is CC(=O)NC1C(OCCOCCNC(=O)CN(CC(=O)NCCOCCOC2OC(COC(C)=O)C(C)C(C)C2NC(C)=O)C(Cc2ccc(OCc3ccccc3)cc2)C(=O)NCCOCCOC2OC(COC(C)=O)C(C)C(C)C2NC(C)=O)OC(COC(C)=O)C(C)C1C. The highest BCUT2D eigenvalue weighted by Gasteiger charge is 2.46. The summed E-state index contributed by atoms with van der Waals surface area (Å²) in [6.45, 7) is 20.0. The lowest BCUT2D eigenvalue weighted by atomic mass is 9.82. The van der Waals surface area contributed by atoms with E-state index in [4.69, 9.17) is 61.6 Å². The Hall–Kier alpha value is -6.93. The minimum Gasteiger partial charge on any atom is -0.489 e. The monoisotopic (exact) mass is 1370 g/mol. The first-order chi connectivity index (χ1) is 46.3. The number of nitrogens with one attached hydrogen (secondary N) is 6. The van der Waals surface area contributed by atoms with Crippen molar-refractivity contribution in [2.24, 2.45) is 35.5 Å². The van der Waals surface area contributed by atoms with E-state index in [-0.39, 0.29) is 159 Å². The molecule has 0 saturated carbocycles. The number of carbonyl (C=O) groups is 9. The molecule has 6 N–H and O–H groups in total. The second-order valence-corrected chi connectivity index (χ2v) is 24.9. The molecule has 0 bridgehead atoms. The Balaban J connectivity index is 1.25. The molecule has 0 aliphatic carbocycles. The predicted octanol–water partition coefficient (Wildman–Crippen LogP) is 2.12. The highest BCUT2D eigenvalue weighted by atomic mass is 16.7. The Labute approximate surface area is 569 Å². The first-order valence-electron chi connectivity index (χ1n) is 33.4. The maximum atomic E-state index is 14.6. The van der Waals surface area contributed by atoms with Crippen LogP contribution in [0.15, 0.2) is 54.6 Å². The van der Waals surface area contributed by atoms with E-state index in [2.05, 4.69) is 31.9 Å². The average Bonchev–Trinajstić information content (AvgIpc) is 0.826. The first-order valence-corrected chi connectivity index (χ1v) is 33.4. The van der Waals surface area contributed by atoms with Gasteiger partial charge in [-0.3, -0.25) is 48.1 Å². The molecule has 29 nitrogen and oxygen atoms in total. The molecule has 3 heterocycles. The summed E-state index contributed by atoms with van der Waals surface area (Å²) in [6, 6.07) is 14.2. The molecule has 3 aliphatic rings. The zero-order chi connectivity index (χ0) is 71.0. The minimum absolute atomic E-state index is 0.0137. The first kappa shape index (κ1) is 80.7. The van der Waals surface area contributed by atoms with Crippen LogP contribution < -0.4 is 36.6 Å². The van der Waals surface area contributed by atoms with Crippen LogP contribution in [0, 0.1) is 35.5 Å². The Bertz CT molecular complexity index is 2670. The van der Waals surface area contributed by atoms with E-state index >= 15 is 0 Å². The number of rotatable bonds is 41. The molecule has 544 valence electrons. The van der Waals surface area contributed by atoms with Crippen molar-refractivity contribution < 1.29 is 105 Å². The summed E-state index contributed by atoms with van der Waals surface area (Å²) in [6.07, 6.45) is -4.02. The predicted molar refractivity (Wildman–Crippen MR) is 349 cm³/mol. The number of nitrogens with zero attached hydrogens (tertiary/aromatic N) is 1. The van der Waals surface area contributed by atoms with Gasteiger partial charge in [-0.25, -0.2) is 0 Å². The highest BCUT2D eigenvalue weighted by Crippen LogP contribution is 2.34. The minimum atomic E-state index is -1.11. The van der Waals surface area contributed by atoms with Gasteiger partial charge in [0, 0.05) is 61.2 Å². The summed E-state index contributed by atoms with van der Waals surface area (Å²) in [7, 11) is 0. The molecule has 97 heavy (non-hydrogen) atoms. The van der Waals surface area contributed by atoms with Gasteiger partial charge in [-0.1, -0.05) is 84.0 Å².